The van der Waals surface area contributed by atoms with Crippen molar-refractivity contribution in [2.45, 2.75) is 25.9 Å². The Bertz CT molecular complexity index is 1110. The van der Waals surface area contributed by atoms with E-state index in [1.807, 2.05) is 65.6 Å². The van der Waals surface area contributed by atoms with Crippen molar-refractivity contribution >= 4 is 17.9 Å². The average molecular weight is 470 g/mol. The monoisotopic (exact) mass is 469 g/mol. The minimum atomic E-state index is -0.0296. The van der Waals surface area contributed by atoms with Gasteiger partial charge < -0.3 is 14.5 Å². The van der Waals surface area contributed by atoms with Crippen LogP contribution in [-0.2, 0) is 22.6 Å². The molecule has 1 fully saturated rings. The zero-order chi connectivity index (χ0) is 24.3. The molecule has 2 amide bonds. The molecule has 0 radical (unpaired) electrons. The standard InChI is InChI=1S/C29H31N3O3/c33-28(10-4-8-24-6-2-1-3-7-24)31-18-20-32(21-19-31)29(34)16-13-25-11-14-27(15-12-25)35-23-26-9-5-17-30-22-26/h1-3,5-7,9,11-17,22H,4,8,10,18-21,23H2/b16-13+. The van der Waals surface area contributed by atoms with Crippen LogP contribution < -0.4 is 4.74 Å². The van der Waals surface area contributed by atoms with Crippen molar-refractivity contribution in [2.75, 3.05) is 26.2 Å². The van der Waals surface area contributed by atoms with Gasteiger partial charge in [-0.05, 0) is 48.2 Å². The number of hydrogen-bond acceptors (Lipinski definition) is 4. The molecule has 3 aromatic rings. The number of piperazine rings is 1. The molecule has 1 aromatic heterocycles. The van der Waals surface area contributed by atoms with E-state index in [0.717, 1.165) is 29.7 Å². The number of aromatic nitrogens is 1. The SMILES string of the molecule is O=C(/C=C/c1ccc(OCc2cccnc2)cc1)N1CCN(C(=O)CCCc2ccccc2)CC1. The number of rotatable bonds is 9. The Balaban J connectivity index is 1.17. The fourth-order valence-corrected chi connectivity index (χ4v) is 4.02. The molecule has 1 aliphatic heterocycles. The molecule has 0 N–H and O–H groups in total. The number of amides is 2. The molecule has 0 unspecified atom stereocenters. The Morgan fingerprint density at radius 3 is 2.29 bits per heavy atom. The summed E-state index contributed by atoms with van der Waals surface area (Å²) in [6.07, 6.45) is 9.23. The first-order valence-corrected chi connectivity index (χ1v) is 12.1. The third kappa shape index (κ3) is 7.54. The molecule has 6 nitrogen and oxygen atoms in total. The van der Waals surface area contributed by atoms with Gasteiger partial charge >= 0.3 is 0 Å². The Kier molecular flexibility index (Phi) is 8.65. The third-order valence-corrected chi connectivity index (χ3v) is 6.07. The lowest BCUT2D eigenvalue weighted by Crippen LogP contribution is -2.50. The largest absolute Gasteiger partial charge is 0.489 e. The number of benzene rings is 2. The van der Waals surface area contributed by atoms with Gasteiger partial charge in [0.1, 0.15) is 12.4 Å². The van der Waals surface area contributed by atoms with Crippen LogP contribution in [0.3, 0.4) is 0 Å². The quantitative estimate of drug-likeness (QED) is 0.437. The van der Waals surface area contributed by atoms with Crippen molar-refractivity contribution in [3.8, 4) is 5.75 Å². The Morgan fingerprint density at radius 2 is 1.57 bits per heavy atom. The van der Waals surface area contributed by atoms with E-state index in [-0.39, 0.29) is 11.8 Å². The van der Waals surface area contributed by atoms with Crippen LogP contribution in [0.25, 0.3) is 6.08 Å². The summed E-state index contributed by atoms with van der Waals surface area (Å²) < 4.78 is 5.77. The Morgan fingerprint density at radius 1 is 0.857 bits per heavy atom. The zero-order valence-electron chi connectivity index (χ0n) is 19.9. The van der Waals surface area contributed by atoms with E-state index in [4.69, 9.17) is 4.74 Å². The maximum atomic E-state index is 12.6. The minimum Gasteiger partial charge on any atom is -0.489 e. The molecule has 0 spiro atoms. The van der Waals surface area contributed by atoms with Crippen LogP contribution in [0, 0.1) is 0 Å². The van der Waals surface area contributed by atoms with Crippen molar-refractivity contribution in [2.24, 2.45) is 0 Å². The highest BCUT2D eigenvalue weighted by Crippen LogP contribution is 2.15. The predicted molar refractivity (Wildman–Crippen MR) is 137 cm³/mol. The summed E-state index contributed by atoms with van der Waals surface area (Å²) in [6, 6.07) is 21.7. The van der Waals surface area contributed by atoms with E-state index in [2.05, 4.69) is 17.1 Å². The highest BCUT2D eigenvalue weighted by molar-refractivity contribution is 5.92. The first-order valence-electron chi connectivity index (χ1n) is 12.1. The minimum absolute atomic E-state index is 0.0296. The van der Waals surface area contributed by atoms with Crippen LogP contribution in [0.5, 0.6) is 5.75 Å². The van der Waals surface area contributed by atoms with Crippen molar-refractivity contribution in [3.05, 3.63) is 102 Å². The molecular formula is C29H31N3O3. The molecule has 2 aromatic carbocycles. The third-order valence-electron chi connectivity index (χ3n) is 6.07. The maximum absolute atomic E-state index is 12.6. The Hall–Kier alpha value is -3.93. The lowest BCUT2D eigenvalue weighted by atomic mass is 10.1. The van der Waals surface area contributed by atoms with Gasteiger partial charge in [0, 0.05) is 56.6 Å². The van der Waals surface area contributed by atoms with E-state index in [9.17, 15) is 9.59 Å². The molecule has 2 heterocycles. The highest BCUT2D eigenvalue weighted by atomic mass is 16.5. The van der Waals surface area contributed by atoms with Crippen LogP contribution in [0.2, 0.25) is 0 Å². The number of nitrogens with zero attached hydrogens (tertiary/aromatic N) is 3. The summed E-state index contributed by atoms with van der Waals surface area (Å²) >= 11 is 0. The second-order valence-electron chi connectivity index (χ2n) is 8.60. The summed E-state index contributed by atoms with van der Waals surface area (Å²) in [5.41, 5.74) is 3.20. The first-order chi connectivity index (χ1) is 17.2. The molecule has 35 heavy (non-hydrogen) atoms. The summed E-state index contributed by atoms with van der Waals surface area (Å²) in [6.45, 7) is 2.77. The topological polar surface area (TPSA) is 62.7 Å². The number of carbonyl (C=O) groups excluding carboxylic acids is 2. The molecule has 0 atom stereocenters. The molecule has 1 saturated heterocycles. The van der Waals surface area contributed by atoms with Gasteiger partial charge in [0.2, 0.25) is 11.8 Å². The van der Waals surface area contributed by atoms with Crippen LogP contribution in [-0.4, -0.2) is 52.8 Å². The lowest BCUT2D eigenvalue weighted by Gasteiger charge is -2.34. The molecule has 0 aliphatic carbocycles. The fraction of sp³-hybridized carbons (Fsp3) is 0.276. The van der Waals surface area contributed by atoms with E-state index in [1.165, 1.54) is 5.56 Å². The van der Waals surface area contributed by atoms with Gasteiger partial charge in [-0.1, -0.05) is 48.5 Å². The molecular weight excluding hydrogens is 438 g/mol. The van der Waals surface area contributed by atoms with Crippen molar-refractivity contribution in [1.82, 2.24) is 14.8 Å². The van der Waals surface area contributed by atoms with Gasteiger partial charge in [0.25, 0.3) is 0 Å². The summed E-state index contributed by atoms with van der Waals surface area (Å²) in [5.74, 6) is 0.911. The van der Waals surface area contributed by atoms with Gasteiger partial charge in [-0.3, -0.25) is 14.6 Å². The van der Waals surface area contributed by atoms with Crippen molar-refractivity contribution < 1.29 is 14.3 Å². The normalized spacial score (nSPS) is 13.7. The van der Waals surface area contributed by atoms with Gasteiger partial charge in [-0.15, -0.1) is 0 Å². The lowest BCUT2D eigenvalue weighted by molar-refractivity contribution is -0.137. The molecule has 1 aliphatic rings. The zero-order valence-corrected chi connectivity index (χ0v) is 19.9. The van der Waals surface area contributed by atoms with Crippen molar-refractivity contribution in [3.63, 3.8) is 0 Å². The van der Waals surface area contributed by atoms with Gasteiger partial charge in [0.05, 0.1) is 0 Å². The number of hydrogen-bond donors (Lipinski definition) is 0. The van der Waals surface area contributed by atoms with Gasteiger partial charge in [-0.2, -0.15) is 0 Å². The summed E-state index contributed by atoms with van der Waals surface area (Å²) in [5, 5.41) is 0. The Labute approximate surface area is 206 Å². The molecule has 180 valence electrons. The first kappa shape index (κ1) is 24.2. The molecule has 0 saturated carbocycles. The summed E-state index contributed by atoms with van der Waals surface area (Å²) in [7, 11) is 0. The highest BCUT2D eigenvalue weighted by Gasteiger charge is 2.22. The fourth-order valence-electron chi connectivity index (χ4n) is 4.02. The number of carbonyl (C=O) groups is 2. The van der Waals surface area contributed by atoms with Crippen LogP contribution >= 0.6 is 0 Å². The second-order valence-corrected chi connectivity index (χ2v) is 8.60. The number of ether oxygens (including phenoxy) is 1. The average Bonchev–Trinajstić information content (AvgIpc) is 2.92. The van der Waals surface area contributed by atoms with Gasteiger partial charge in [0.15, 0.2) is 0 Å². The van der Waals surface area contributed by atoms with Crippen LogP contribution in [0.15, 0.2) is 85.2 Å². The molecule has 6 heteroatoms. The molecule has 4 rings (SSSR count). The predicted octanol–water partition coefficient (Wildman–Crippen LogP) is 4.37. The second kappa shape index (κ2) is 12.5. The van der Waals surface area contributed by atoms with Crippen LogP contribution in [0.1, 0.15) is 29.5 Å². The summed E-state index contributed by atoms with van der Waals surface area (Å²) in [4.78, 5) is 32.9. The number of aryl methyl sites for hydroxylation is 1. The smallest absolute Gasteiger partial charge is 0.246 e. The van der Waals surface area contributed by atoms with E-state index < -0.39 is 0 Å². The van der Waals surface area contributed by atoms with Gasteiger partial charge in [-0.25, -0.2) is 0 Å². The van der Waals surface area contributed by atoms with E-state index in [0.29, 0.717) is 39.2 Å². The molecule has 0 bridgehead atoms. The number of pyridine rings is 1. The van der Waals surface area contributed by atoms with E-state index >= 15 is 0 Å². The maximum Gasteiger partial charge on any atom is 0.246 e. The van der Waals surface area contributed by atoms with Crippen molar-refractivity contribution in [1.29, 1.82) is 0 Å². The van der Waals surface area contributed by atoms with Crippen LogP contribution in [0.4, 0.5) is 0 Å². The van der Waals surface area contributed by atoms with E-state index in [1.54, 1.807) is 23.4 Å².